The van der Waals surface area contributed by atoms with E-state index in [0.29, 0.717) is 25.3 Å². The average Bonchev–Trinajstić information content (AvgIpc) is 3.24. The van der Waals surface area contributed by atoms with Crippen molar-refractivity contribution in [3.8, 4) is 12.3 Å². The van der Waals surface area contributed by atoms with Gasteiger partial charge in [0.25, 0.3) is 11.6 Å². The molecule has 2 aromatic heterocycles. The number of carbonyl (C=O) groups excluding carboxylic acids is 1. The highest BCUT2D eigenvalue weighted by Gasteiger charge is 2.15. The minimum atomic E-state index is -0.512. The molecule has 0 atom stereocenters. The third kappa shape index (κ3) is 3.09. The summed E-state index contributed by atoms with van der Waals surface area (Å²) in [6.45, 7) is 0.0751. The van der Waals surface area contributed by atoms with Crippen molar-refractivity contribution in [1.82, 2.24) is 4.57 Å². The quantitative estimate of drug-likeness (QED) is 0.286. The fourth-order valence-corrected chi connectivity index (χ4v) is 4.77. The van der Waals surface area contributed by atoms with Crippen LogP contribution < -0.4 is 4.80 Å². The number of non-ortho nitro benzene ring substituents is 1. The summed E-state index contributed by atoms with van der Waals surface area (Å²) in [5, 5.41) is 11.5. The number of terminal acetylenes is 1. The predicted octanol–water partition coefficient (Wildman–Crippen LogP) is 4.34. The van der Waals surface area contributed by atoms with Gasteiger partial charge >= 0.3 is 0 Å². The first-order valence-electron chi connectivity index (χ1n) is 7.96. The lowest BCUT2D eigenvalue weighted by Gasteiger charge is -2.00. The molecule has 0 saturated carbocycles. The molecular weight excluding hydrogens is 401 g/mol. The fraction of sp³-hybridized carbons (Fsp3) is 0.0526. The number of thiophene rings is 1. The molecule has 0 bridgehead atoms. The van der Waals surface area contributed by atoms with E-state index in [4.69, 9.17) is 6.42 Å². The topological polar surface area (TPSA) is 77.5 Å². The van der Waals surface area contributed by atoms with Crippen LogP contribution in [0.3, 0.4) is 0 Å². The summed E-state index contributed by atoms with van der Waals surface area (Å²) >= 11 is 2.36. The number of rotatable bonds is 3. The van der Waals surface area contributed by atoms with E-state index in [9.17, 15) is 19.3 Å². The van der Waals surface area contributed by atoms with Gasteiger partial charge < -0.3 is 4.57 Å². The van der Waals surface area contributed by atoms with E-state index in [0.717, 1.165) is 4.70 Å². The van der Waals surface area contributed by atoms with Crippen molar-refractivity contribution in [2.24, 2.45) is 4.99 Å². The van der Waals surface area contributed by atoms with Gasteiger partial charge in [0.05, 0.1) is 26.6 Å². The Balaban J connectivity index is 1.83. The highest BCUT2D eigenvalue weighted by Crippen LogP contribution is 2.29. The molecule has 9 heteroatoms. The number of nitro groups is 1. The molecule has 28 heavy (non-hydrogen) atoms. The Morgan fingerprint density at radius 3 is 2.82 bits per heavy atom. The lowest BCUT2D eigenvalue weighted by Crippen LogP contribution is -2.16. The maximum Gasteiger partial charge on any atom is 0.289 e. The Morgan fingerprint density at radius 2 is 2.07 bits per heavy atom. The van der Waals surface area contributed by atoms with E-state index in [1.807, 2.05) is 0 Å². The molecule has 4 aromatic rings. The van der Waals surface area contributed by atoms with Gasteiger partial charge in [-0.25, -0.2) is 4.39 Å². The van der Waals surface area contributed by atoms with Crippen LogP contribution in [0.4, 0.5) is 10.1 Å². The van der Waals surface area contributed by atoms with Crippen molar-refractivity contribution >= 4 is 54.6 Å². The summed E-state index contributed by atoms with van der Waals surface area (Å²) in [6, 6.07) is 10.6. The van der Waals surface area contributed by atoms with E-state index >= 15 is 0 Å². The number of fused-ring (bicyclic) bond motifs is 2. The highest BCUT2D eigenvalue weighted by molar-refractivity contribution is 7.21. The molecule has 2 heterocycles. The maximum absolute atomic E-state index is 14.2. The number of halogens is 1. The minimum absolute atomic E-state index is 0.0481. The number of amides is 1. The molecule has 0 saturated heterocycles. The molecule has 4 rings (SSSR count). The Labute approximate surface area is 165 Å². The molecule has 2 aromatic carbocycles. The molecule has 0 aliphatic rings. The van der Waals surface area contributed by atoms with Gasteiger partial charge in [0, 0.05) is 22.2 Å². The fourth-order valence-electron chi connectivity index (χ4n) is 2.80. The number of benzene rings is 2. The average molecular weight is 411 g/mol. The Bertz CT molecular complexity index is 1370. The van der Waals surface area contributed by atoms with Crippen LogP contribution in [0.5, 0.6) is 0 Å². The number of hydrogen-bond donors (Lipinski definition) is 0. The van der Waals surface area contributed by atoms with Gasteiger partial charge in [0.15, 0.2) is 4.80 Å². The van der Waals surface area contributed by atoms with Gasteiger partial charge in [0.2, 0.25) is 0 Å². The van der Waals surface area contributed by atoms with E-state index in [1.54, 1.807) is 24.3 Å². The van der Waals surface area contributed by atoms with E-state index in [1.165, 1.54) is 45.4 Å². The van der Waals surface area contributed by atoms with Crippen LogP contribution in [0.25, 0.3) is 20.3 Å². The SMILES string of the molecule is C#CCn1c(=NC(=O)c2cc3cc([N+](=O)[O-])ccc3s2)sc2cccc(F)c21. The zero-order valence-corrected chi connectivity index (χ0v) is 15.7. The second-order valence-electron chi connectivity index (χ2n) is 5.77. The van der Waals surface area contributed by atoms with Crippen molar-refractivity contribution in [2.75, 3.05) is 0 Å². The van der Waals surface area contributed by atoms with Crippen molar-refractivity contribution in [2.45, 2.75) is 6.54 Å². The number of thiazole rings is 1. The first kappa shape index (κ1) is 18.0. The third-order valence-electron chi connectivity index (χ3n) is 4.02. The van der Waals surface area contributed by atoms with Crippen molar-refractivity contribution in [1.29, 1.82) is 0 Å². The van der Waals surface area contributed by atoms with Crippen LogP contribution in [0.1, 0.15) is 9.67 Å². The number of nitrogens with zero attached hydrogens (tertiary/aromatic N) is 3. The maximum atomic E-state index is 14.2. The van der Waals surface area contributed by atoms with Crippen LogP contribution in [-0.4, -0.2) is 15.4 Å². The normalized spacial score (nSPS) is 11.8. The summed E-state index contributed by atoms with van der Waals surface area (Å²) in [5.74, 6) is 1.50. The van der Waals surface area contributed by atoms with Crippen molar-refractivity contribution < 1.29 is 14.1 Å². The van der Waals surface area contributed by atoms with Crippen molar-refractivity contribution in [3.05, 3.63) is 68.1 Å². The third-order valence-corrected chi connectivity index (χ3v) is 6.17. The standard InChI is InChI=1S/C19H10FN3O3S2/c1-2-8-22-17-13(20)4-3-5-15(17)28-19(22)21-18(24)16-10-11-9-12(23(25)26)6-7-14(11)27-16/h1,3-7,9-10H,8H2. The zero-order chi connectivity index (χ0) is 19.8. The molecule has 0 aliphatic heterocycles. The van der Waals surface area contributed by atoms with Gasteiger partial charge in [-0.3, -0.25) is 14.9 Å². The molecular formula is C19H10FN3O3S2. The summed E-state index contributed by atoms with van der Waals surface area (Å²) < 4.78 is 17.1. The summed E-state index contributed by atoms with van der Waals surface area (Å²) in [5.41, 5.74) is 0.261. The van der Waals surface area contributed by atoms with Gasteiger partial charge in [0.1, 0.15) is 5.82 Å². The van der Waals surface area contributed by atoms with Crippen LogP contribution in [-0.2, 0) is 6.54 Å². The van der Waals surface area contributed by atoms with Gasteiger partial charge in [-0.15, -0.1) is 17.8 Å². The smallest absolute Gasteiger partial charge is 0.289 e. The Hall–Kier alpha value is -3.35. The summed E-state index contributed by atoms with van der Waals surface area (Å²) in [4.78, 5) is 27.9. The molecule has 1 amide bonds. The van der Waals surface area contributed by atoms with E-state index < -0.39 is 16.6 Å². The lowest BCUT2D eigenvalue weighted by atomic mass is 10.2. The highest BCUT2D eigenvalue weighted by atomic mass is 32.1. The monoisotopic (exact) mass is 411 g/mol. The molecule has 0 aliphatic carbocycles. The Kier molecular flexibility index (Phi) is 4.50. The molecule has 6 nitrogen and oxygen atoms in total. The molecule has 138 valence electrons. The summed E-state index contributed by atoms with van der Waals surface area (Å²) in [7, 11) is 0. The largest absolute Gasteiger partial charge is 0.302 e. The number of para-hydroxylation sites is 1. The van der Waals surface area contributed by atoms with E-state index in [2.05, 4.69) is 10.9 Å². The minimum Gasteiger partial charge on any atom is -0.302 e. The van der Waals surface area contributed by atoms with Crippen LogP contribution in [0.2, 0.25) is 0 Å². The van der Waals surface area contributed by atoms with Crippen LogP contribution in [0.15, 0.2) is 47.5 Å². The molecule has 0 fully saturated rings. The molecule has 0 unspecified atom stereocenters. The zero-order valence-electron chi connectivity index (χ0n) is 14.1. The van der Waals surface area contributed by atoms with Crippen molar-refractivity contribution in [3.63, 3.8) is 0 Å². The Morgan fingerprint density at radius 1 is 1.25 bits per heavy atom. The van der Waals surface area contributed by atoms with E-state index in [-0.39, 0.29) is 12.2 Å². The predicted molar refractivity (Wildman–Crippen MR) is 107 cm³/mol. The second kappa shape index (κ2) is 6.99. The lowest BCUT2D eigenvalue weighted by molar-refractivity contribution is -0.384. The van der Waals surface area contributed by atoms with Gasteiger partial charge in [-0.1, -0.05) is 23.3 Å². The molecule has 0 N–H and O–H groups in total. The number of aromatic nitrogens is 1. The second-order valence-corrected chi connectivity index (χ2v) is 7.86. The molecule has 0 spiro atoms. The molecule has 0 radical (unpaired) electrons. The van der Waals surface area contributed by atoms with Crippen LogP contribution >= 0.6 is 22.7 Å². The number of hydrogen-bond acceptors (Lipinski definition) is 5. The van der Waals surface area contributed by atoms with Gasteiger partial charge in [-0.2, -0.15) is 4.99 Å². The van der Waals surface area contributed by atoms with Crippen LogP contribution in [0, 0.1) is 28.3 Å². The first-order chi connectivity index (χ1) is 13.5. The first-order valence-corrected chi connectivity index (χ1v) is 9.59. The number of nitro benzene ring substituents is 1. The number of carbonyl (C=O) groups is 1. The van der Waals surface area contributed by atoms with Gasteiger partial charge in [-0.05, 0) is 24.3 Å². The summed E-state index contributed by atoms with van der Waals surface area (Å²) in [6.07, 6.45) is 5.39.